The lowest BCUT2D eigenvalue weighted by Gasteiger charge is -2.08. The molecule has 0 saturated carbocycles. The van der Waals surface area contributed by atoms with Crippen LogP contribution in [0.4, 0.5) is 3.89 Å². The summed E-state index contributed by atoms with van der Waals surface area (Å²) in [7, 11) is -4.59. The monoisotopic (exact) mass is 216 g/mol. The molecule has 0 aliphatic rings. The summed E-state index contributed by atoms with van der Waals surface area (Å²) in [6.45, 7) is 3.62. The molecular weight excluding hydrogens is 203 g/mol. The molecule has 0 radical (unpaired) electrons. The molecule has 14 heavy (non-hydrogen) atoms. The van der Waals surface area contributed by atoms with Gasteiger partial charge in [0.25, 0.3) is 0 Å². The molecule has 78 valence electrons. The lowest BCUT2D eigenvalue weighted by atomic mass is 10.1. The molecule has 0 spiro atoms. The van der Waals surface area contributed by atoms with Crippen LogP contribution in [-0.4, -0.2) is 8.42 Å². The van der Waals surface area contributed by atoms with Crippen LogP contribution in [0, 0.1) is 0 Å². The molecule has 0 bridgehead atoms. The fraction of sp³-hybridized carbons (Fsp3) is 0.400. The third kappa shape index (κ3) is 2.12. The summed E-state index contributed by atoms with van der Waals surface area (Å²) in [4.78, 5) is -0.134. The first-order valence-electron chi connectivity index (χ1n) is 4.56. The minimum absolute atomic E-state index is 0.134. The highest BCUT2D eigenvalue weighted by molar-refractivity contribution is 7.86. The van der Waals surface area contributed by atoms with Crippen molar-refractivity contribution in [3.05, 3.63) is 29.3 Å². The molecule has 0 saturated heterocycles. The lowest BCUT2D eigenvalue weighted by Crippen LogP contribution is -2.02. The van der Waals surface area contributed by atoms with Gasteiger partial charge in [-0.05, 0) is 24.0 Å². The van der Waals surface area contributed by atoms with E-state index in [4.69, 9.17) is 0 Å². The van der Waals surface area contributed by atoms with E-state index in [1.54, 1.807) is 18.2 Å². The zero-order chi connectivity index (χ0) is 10.8. The van der Waals surface area contributed by atoms with E-state index >= 15 is 0 Å². The van der Waals surface area contributed by atoms with Crippen LogP contribution in [0.2, 0.25) is 0 Å². The number of halogens is 1. The Bertz CT molecular complexity index is 401. The zero-order valence-electron chi connectivity index (χ0n) is 8.25. The number of hydrogen-bond donors (Lipinski definition) is 0. The first kappa shape index (κ1) is 11.2. The van der Waals surface area contributed by atoms with Crippen molar-refractivity contribution in [3.8, 4) is 0 Å². The minimum atomic E-state index is -4.59. The van der Waals surface area contributed by atoms with E-state index in [2.05, 4.69) is 0 Å². The molecule has 4 heteroatoms. The van der Waals surface area contributed by atoms with Gasteiger partial charge in [0.05, 0.1) is 0 Å². The summed E-state index contributed by atoms with van der Waals surface area (Å²) in [5.41, 5.74) is 1.10. The molecule has 1 aromatic carbocycles. The van der Waals surface area contributed by atoms with Gasteiger partial charge in [-0.3, -0.25) is 0 Å². The first-order valence-corrected chi connectivity index (χ1v) is 5.94. The average Bonchev–Trinajstić information content (AvgIpc) is 2.15. The molecule has 0 atom stereocenters. The van der Waals surface area contributed by atoms with Crippen LogP contribution in [0.1, 0.15) is 25.0 Å². The van der Waals surface area contributed by atoms with Crippen molar-refractivity contribution in [2.45, 2.75) is 31.6 Å². The van der Waals surface area contributed by atoms with Crippen LogP contribution in [-0.2, 0) is 23.1 Å². The lowest BCUT2D eigenvalue weighted by molar-refractivity contribution is 0.549. The molecule has 0 aliphatic heterocycles. The Kier molecular flexibility index (Phi) is 3.26. The van der Waals surface area contributed by atoms with Crippen LogP contribution in [0.5, 0.6) is 0 Å². The Morgan fingerprint density at radius 1 is 1.14 bits per heavy atom. The van der Waals surface area contributed by atoms with Gasteiger partial charge in [-0.15, -0.1) is 3.89 Å². The van der Waals surface area contributed by atoms with Crippen LogP contribution < -0.4 is 0 Å². The number of aryl methyl sites for hydroxylation is 2. The molecular formula is C10H13FO2S. The highest BCUT2D eigenvalue weighted by Gasteiger charge is 2.19. The van der Waals surface area contributed by atoms with Gasteiger partial charge in [-0.2, -0.15) is 8.42 Å². The predicted molar refractivity (Wildman–Crippen MR) is 53.5 cm³/mol. The van der Waals surface area contributed by atoms with E-state index in [-0.39, 0.29) is 4.90 Å². The maximum atomic E-state index is 13.0. The number of hydrogen-bond acceptors (Lipinski definition) is 2. The fourth-order valence-corrected chi connectivity index (χ4v) is 2.56. The highest BCUT2D eigenvalue weighted by Crippen LogP contribution is 2.23. The van der Waals surface area contributed by atoms with Gasteiger partial charge >= 0.3 is 10.2 Å². The molecule has 1 aromatic rings. The van der Waals surface area contributed by atoms with Crippen molar-refractivity contribution in [2.24, 2.45) is 0 Å². The Morgan fingerprint density at radius 3 is 1.86 bits per heavy atom. The van der Waals surface area contributed by atoms with E-state index in [9.17, 15) is 12.3 Å². The standard InChI is InChI=1S/C10H13FO2S/c1-3-8-6-5-7-9(4-2)10(8)14(11,12)13/h5-7H,3-4H2,1-2H3. The normalized spacial score (nSPS) is 11.6. The molecule has 0 aliphatic carbocycles. The van der Waals surface area contributed by atoms with Gasteiger partial charge in [0.1, 0.15) is 4.90 Å². The molecule has 0 heterocycles. The molecule has 2 nitrogen and oxygen atoms in total. The Balaban J connectivity index is 3.50. The maximum absolute atomic E-state index is 13.0. The third-order valence-corrected chi connectivity index (χ3v) is 3.20. The topological polar surface area (TPSA) is 34.1 Å². The summed E-state index contributed by atoms with van der Waals surface area (Å²) < 4.78 is 34.8. The molecule has 0 amide bonds. The van der Waals surface area contributed by atoms with Gasteiger partial charge in [-0.25, -0.2) is 0 Å². The fourth-order valence-electron chi connectivity index (χ4n) is 1.51. The number of rotatable bonds is 3. The third-order valence-electron chi connectivity index (χ3n) is 2.18. The highest BCUT2D eigenvalue weighted by atomic mass is 32.3. The number of benzene rings is 1. The smallest absolute Gasteiger partial charge is 0.189 e. The zero-order valence-corrected chi connectivity index (χ0v) is 9.07. The minimum Gasteiger partial charge on any atom is -0.189 e. The average molecular weight is 216 g/mol. The van der Waals surface area contributed by atoms with Crippen molar-refractivity contribution >= 4 is 10.2 Å². The summed E-state index contributed by atoms with van der Waals surface area (Å²) in [6, 6.07) is 5.05. The summed E-state index contributed by atoms with van der Waals surface area (Å²) in [6.07, 6.45) is 1.04. The van der Waals surface area contributed by atoms with E-state index in [1.165, 1.54) is 0 Å². The van der Waals surface area contributed by atoms with Crippen LogP contribution in [0.25, 0.3) is 0 Å². The quantitative estimate of drug-likeness (QED) is 0.727. The first-order chi connectivity index (χ1) is 6.50. The Hall–Kier alpha value is -0.900. The van der Waals surface area contributed by atoms with Crippen molar-refractivity contribution in [1.29, 1.82) is 0 Å². The Morgan fingerprint density at radius 2 is 1.57 bits per heavy atom. The van der Waals surface area contributed by atoms with Crippen molar-refractivity contribution in [2.75, 3.05) is 0 Å². The van der Waals surface area contributed by atoms with Crippen molar-refractivity contribution < 1.29 is 12.3 Å². The van der Waals surface area contributed by atoms with Crippen LogP contribution >= 0.6 is 0 Å². The van der Waals surface area contributed by atoms with E-state index in [1.807, 2.05) is 13.8 Å². The van der Waals surface area contributed by atoms with E-state index in [0.717, 1.165) is 0 Å². The van der Waals surface area contributed by atoms with Gasteiger partial charge < -0.3 is 0 Å². The van der Waals surface area contributed by atoms with Gasteiger partial charge in [0.2, 0.25) is 0 Å². The van der Waals surface area contributed by atoms with Gasteiger partial charge in [0.15, 0.2) is 0 Å². The molecule has 0 fully saturated rings. The van der Waals surface area contributed by atoms with E-state index < -0.39 is 10.2 Å². The molecule has 0 N–H and O–H groups in total. The second-order valence-electron chi connectivity index (χ2n) is 3.05. The summed E-state index contributed by atoms with van der Waals surface area (Å²) in [5, 5.41) is 0. The molecule has 1 rings (SSSR count). The second-order valence-corrected chi connectivity index (χ2v) is 4.33. The molecule has 0 unspecified atom stereocenters. The molecule has 0 aromatic heterocycles. The van der Waals surface area contributed by atoms with Crippen molar-refractivity contribution in [3.63, 3.8) is 0 Å². The predicted octanol–water partition coefficient (Wildman–Crippen LogP) is 2.47. The SMILES string of the molecule is CCc1cccc(CC)c1S(=O)(=O)F. The second kappa shape index (κ2) is 4.09. The van der Waals surface area contributed by atoms with Crippen LogP contribution in [0.15, 0.2) is 23.1 Å². The van der Waals surface area contributed by atoms with Crippen LogP contribution in [0.3, 0.4) is 0 Å². The summed E-state index contributed by atoms with van der Waals surface area (Å²) >= 11 is 0. The Labute approximate surface area is 84.0 Å². The van der Waals surface area contributed by atoms with Crippen molar-refractivity contribution in [1.82, 2.24) is 0 Å². The summed E-state index contributed by atoms with van der Waals surface area (Å²) in [5.74, 6) is 0. The van der Waals surface area contributed by atoms with Gasteiger partial charge in [0, 0.05) is 0 Å². The van der Waals surface area contributed by atoms with E-state index in [0.29, 0.717) is 24.0 Å². The van der Waals surface area contributed by atoms with Gasteiger partial charge in [-0.1, -0.05) is 32.0 Å². The maximum Gasteiger partial charge on any atom is 0.332 e. The largest absolute Gasteiger partial charge is 0.332 e.